The maximum absolute atomic E-state index is 11.4. The first-order valence-electron chi connectivity index (χ1n) is 2.54. The van der Waals surface area contributed by atoms with Crippen molar-refractivity contribution in [1.29, 1.82) is 0 Å². The molecular weight excluding hydrogens is 126 g/mol. The van der Waals surface area contributed by atoms with Crippen LogP contribution in [-0.4, -0.2) is 35.5 Å². The standard InChI is InChI=1S/C4H8BFO3/c1-5(9)4(8)3(7)2-6/h4,8-9H,2H2,1H3. The van der Waals surface area contributed by atoms with E-state index in [4.69, 9.17) is 10.1 Å². The van der Waals surface area contributed by atoms with Gasteiger partial charge in [-0.15, -0.1) is 0 Å². The van der Waals surface area contributed by atoms with E-state index >= 15 is 0 Å². The molecule has 52 valence electrons. The summed E-state index contributed by atoms with van der Waals surface area (Å²) < 4.78 is 11.4. The third-order valence-electron chi connectivity index (χ3n) is 0.919. The second-order valence-electron chi connectivity index (χ2n) is 1.79. The summed E-state index contributed by atoms with van der Waals surface area (Å²) in [6, 6.07) is -1.57. The van der Waals surface area contributed by atoms with Crippen LogP contribution in [0, 0.1) is 0 Å². The van der Waals surface area contributed by atoms with E-state index in [1.165, 1.54) is 6.82 Å². The molecular formula is C4H8BFO3. The highest BCUT2D eigenvalue weighted by Gasteiger charge is 2.23. The summed E-state index contributed by atoms with van der Waals surface area (Å²) in [5.41, 5.74) is 0. The largest absolute Gasteiger partial charge is 0.448 e. The molecule has 0 amide bonds. The van der Waals surface area contributed by atoms with Crippen LogP contribution in [0.5, 0.6) is 0 Å². The minimum Gasteiger partial charge on any atom is -0.448 e. The summed E-state index contributed by atoms with van der Waals surface area (Å²) in [6.07, 6.45) is 0. The van der Waals surface area contributed by atoms with Gasteiger partial charge in [0, 0.05) is 0 Å². The highest BCUT2D eigenvalue weighted by molar-refractivity contribution is 6.55. The number of carbonyl (C=O) groups is 1. The number of rotatable bonds is 3. The first-order chi connectivity index (χ1) is 4.09. The van der Waals surface area contributed by atoms with E-state index in [-0.39, 0.29) is 0 Å². The number of alkyl halides is 1. The van der Waals surface area contributed by atoms with Crippen LogP contribution in [0.15, 0.2) is 0 Å². The average molecular weight is 134 g/mol. The Kier molecular flexibility index (Phi) is 3.41. The summed E-state index contributed by atoms with van der Waals surface area (Å²) in [7, 11) is 0. The Labute approximate surface area is 52.6 Å². The number of aliphatic hydroxyl groups is 1. The fourth-order valence-electron chi connectivity index (χ4n) is 0.348. The Morgan fingerprint density at radius 2 is 2.33 bits per heavy atom. The van der Waals surface area contributed by atoms with E-state index < -0.39 is 25.4 Å². The summed E-state index contributed by atoms with van der Waals surface area (Å²) in [5, 5.41) is 17.0. The zero-order valence-electron chi connectivity index (χ0n) is 5.04. The van der Waals surface area contributed by atoms with Crippen LogP contribution in [0.25, 0.3) is 0 Å². The zero-order chi connectivity index (χ0) is 7.44. The molecule has 0 aromatic carbocycles. The second kappa shape index (κ2) is 3.58. The van der Waals surface area contributed by atoms with E-state index in [0.717, 1.165) is 0 Å². The molecule has 0 rings (SSSR count). The van der Waals surface area contributed by atoms with Gasteiger partial charge in [-0.05, 0) is 0 Å². The van der Waals surface area contributed by atoms with Gasteiger partial charge in [-0.2, -0.15) is 0 Å². The molecule has 0 saturated carbocycles. The molecule has 0 heterocycles. The average Bonchev–Trinajstić information content (AvgIpc) is 1.84. The fourth-order valence-corrected chi connectivity index (χ4v) is 0.348. The predicted octanol–water partition coefficient (Wildman–Crippen LogP) is -0.961. The molecule has 5 heteroatoms. The van der Waals surface area contributed by atoms with Crippen molar-refractivity contribution in [1.82, 2.24) is 0 Å². The lowest BCUT2D eigenvalue weighted by Gasteiger charge is -2.04. The van der Waals surface area contributed by atoms with E-state index in [9.17, 15) is 9.18 Å². The van der Waals surface area contributed by atoms with Crippen molar-refractivity contribution in [3.8, 4) is 0 Å². The molecule has 0 aliphatic rings. The van der Waals surface area contributed by atoms with E-state index in [2.05, 4.69) is 0 Å². The number of carbonyl (C=O) groups excluding carboxylic acids is 1. The Bertz CT molecular complexity index is 106. The third-order valence-corrected chi connectivity index (χ3v) is 0.919. The van der Waals surface area contributed by atoms with E-state index in [1.807, 2.05) is 0 Å². The second-order valence-corrected chi connectivity index (χ2v) is 1.79. The molecule has 3 nitrogen and oxygen atoms in total. The molecule has 1 atom stereocenters. The quantitative estimate of drug-likeness (QED) is 0.488. The minimum atomic E-state index is -1.57. The fraction of sp³-hybridized carbons (Fsp3) is 0.750. The Balaban J connectivity index is 3.72. The smallest absolute Gasteiger partial charge is 0.324 e. The summed E-state index contributed by atoms with van der Waals surface area (Å²) >= 11 is 0. The lowest BCUT2D eigenvalue weighted by molar-refractivity contribution is -0.124. The number of Topliss-reactive ketones (excluding diaryl/α,β-unsaturated/α-hetero) is 1. The molecule has 1 unspecified atom stereocenters. The number of ketones is 1. The Morgan fingerprint density at radius 1 is 1.89 bits per heavy atom. The molecule has 0 spiro atoms. The molecule has 0 radical (unpaired) electrons. The SMILES string of the molecule is CB(O)C(O)C(=O)CF. The summed E-state index contributed by atoms with van der Waals surface area (Å²) in [5.74, 6) is -0.981. The van der Waals surface area contributed by atoms with E-state index in [0.29, 0.717) is 0 Å². The van der Waals surface area contributed by atoms with Gasteiger partial charge in [0.2, 0.25) is 0 Å². The van der Waals surface area contributed by atoms with Crippen LogP contribution in [0.3, 0.4) is 0 Å². The van der Waals surface area contributed by atoms with Crippen molar-refractivity contribution < 1.29 is 19.3 Å². The Morgan fingerprint density at radius 3 is 2.44 bits per heavy atom. The maximum Gasteiger partial charge on any atom is 0.324 e. The van der Waals surface area contributed by atoms with Crippen molar-refractivity contribution in [2.24, 2.45) is 0 Å². The minimum absolute atomic E-state index is 0.981. The molecule has 0 saturated heterocycles. The van der Waals surface area contributed by atoms with Crippen LogP contribution in [0.1, 0.15) is 0 Å². The first-order valence-corrected chi connectivity index (χ1v) is 2.54. The van der Waals surface area contributed by atoms with Crippen LogP contribution in [0.2, 0.25) is 6.82 Å². The monoisotopic (exact) mass is 134 g/mol. The highest BCUT2D eigenvalue weighted by atomic mass is 19.1. The van der Waals surface area contributed by atoms with Crippen molar-refractivity contribution in [2.75, 3.05) is 6.67 Å². The van der Waals surface area contributed by atoms with Gasteiger partial charge < -0.3 is 10.1 Å². The Hall–Kier alpha value is -0.415. The number of hydrogen-bond donors (Lipinski definition) is 2. The van der Waals surface area contributed by atoms with Gasteiger partial charge in [0.1, 0.15) is 12.7 Å². The molecule has 9 heavy (non-hydrogen) atoms. The molecule has 0 aromatic rings. The normalized spacial score (nSPS) is 12.9. The molecule has 0 aliphatic carbocycles. The molecule has 0 aromatic heterocycles. The van der Waals surface area contributed by atoms with Crippen LogP contribution >= 0.6 is 0 Å². The predicted molar refractivity (Wildman–Crippen MR) is 30.8 cm³/mol. The maximum atomic E-state index is 11.4. The van der Waals surface area contributed by atoms with Gasteiger partial charge in [0.15, 0.2) is 5.78 Å². The van der Waals surface area contributed by atoms with Crippen molar-refractivity contribution >= 4 is 12.7 Å². The lowest BCUT2D eigenvalue weighted by Crippen LogP contribution is -2.36. The first kappa shape index (κ1) is 8.58. The van der Waals surface area contributed by atoms with Gasteiger partial charge in [0.05, 0.1) is 0 Å². The van der Waals surface area contributed by atoms with Gasteiger partial charge >= 0.3 is 6.92 Å². The third kappa shape index (κ3) is 2.58. The lowest BCUT2D eigenvalue weighted by atomic mass is 9.64. The topological polar surface area (TPSA) is 57.5 Å². The van der Waals surface area contributed by atoms with Crippen LogP contribution in [-0.2, 0) is 4.79 Å². The summed E-state index contributed by atoms with van der Waals surface area (Å²) in [6.45, 7) is -1.20. The van der Waals surface area contributed by atoms with E-state index in [1.54, 1.807) is 0 Å². The van der Waals surface area contributed by atoms with Gasteiger partial charge in [0.25, 0.3) is 0 Å². The van der Waals surface area contributed by atoms with Gasteiger partial charge in [-0.1, -0.05) is 6.82 Å². The zero-order valence-corrected chi connectivity index (χ0v) is 5.04. The number of hydrogen-bond acceptors (Lipinski definition) is 3. The highest BCUT2D eigenvalue weighted by Crippen LogP contribution is 1.90. The van der Waals surface area contributed by atoms with Crippen LogP contribution < -0.4 is 0 Å². The molecule has 0 bridgehead atoms. The molecule has 2 N–H and O–H groups in total. The van der Waals surface area contributed by atoms with Gasteiger partial charge in [-0.3, -0.25) is 4.79 Å². The number of aliphatic hydroxyl groups excluding tert-OH is 1. The molecule has 0 fully saturated rings. The number of halogens is 1. The molecule has 0 aliphatic heterocycles. The van der Waals surface area contributed by atoms with Crippen molar-refractivity contribution in [2.45, 2.75) is 12.8 Å². The summed E-state index contributed by atoms with van der Waals surface area (Å²) in [4.78, 5) is 10.2. The van der Waals surface area contributed by atoms with Gasteiger partial charge in [-0.25, -0.2) is 4.39 Å². The van der Waals surface area contributed by atoms with Crippen molar-refractivity contribution in [3.63, 3.8) is 0 Å². The van der Waals surface area contributed by atoms with Crippen molar-refractivity contribution in [3.05, 3.63) is 0 Å². The van der Waals surface area contributed by atoms with Crippen LogP contribution in [0.4, 0.5) is 4.39 Å².